The molecule has 0 radical (unpaired) electrons. The summed E-state index contributed by atoms with van der Waals surface area (Å²) < 4.78 is 0. The fraction of sp³-hybridized carbons (Fsp3) is 0.800. The van der Waals surface area contributed by atoms with Crippen molar-refractivity contribution in [1.82, 2.24) is 0 Å². The molecule has 0 aromatic heterocycles. The number of Topliss-reactive ketones (excluding diaryl/α,β-unsaturated/α-hetero) is 1. The Morgan fingerprint density at radius 1 is 1.12 bits per heavy atom. The van der Waals surface area contributed by atoms with Gasteiger partial charge in [0.2, 0.25) is 0 Å². The van der Waals surface area contributed by atoms with Crippen molar-refractivity contribution in [2.24, 2.45) is 45.3 Å². The minimum Gasteiger partial charge on any atom is -0.299 e. The van der Waals surface area contributed by atoms with Crippen molar-refractivity contribution in [2.75, 3.05) is 0 Å². The van der Waals surface area contributed by atoms with Gasteiger partial charge in [-0.05, 0) is 104 Å². The number of hydrogen-bond acceptors (Lipinski definition) is 2. The standard InChI is InChI=1S/C30H46O2/c1-20(19-31)9-8-10-21(2)22-13-17-30(7)24-11-12-25-27(3,4)26(32)15-16-28(25,5)23(24)14-18-29(22,30)6/h9,11,19,21-23,25H,8,10,12-18H2,1-7H3. The molecule has 0 aromatic rings. The molecule has 0 bridgehead atoms. The summed E-state index contributed by atoms with van der Waals surface area (Å²) in [5, 5.41) is 0. The number of carbonyl (C=O) groups excluding carboxylic acids is 2. The fourth-order valence-electron chi connectivity index (χ4n) is 9.29. The average molecular weight is 439 g/mol. The smallest absolute Gasteiger partial charge is 0.145 e. The van der Waals surface area contributed by atoms with Crippen LogP contribution >= 0.6 is 0 Å². The summed E-state index contributed by atoms with van der Waals surface area (Å²) in [5.41, 5.74) is 3.37. The molecule has 0 aromatic carbocycles. The van der Waals surface area contributed by atoms with E-state index in [0.29, 0.717) is 34.4 Å². The maximum atomic E-state index is 12.8. The number of hydrogen-bond donors (Lipinski definition) is 0. The van der Waals surface area contributed by atoms with Gasteiger partial charge >= 0.3 is 0 Å². The quantitative estimate of drug-likeness (QED) is 0.250. The van der Waals surface area contributed by atoms with Gasteiger partial charge in [-0.2, -0.15) is 0 Å². The maximum Gasteiger partial charge on any atom is 0.145 e. The lowest BCUT2D eigenvalue weighted by Gasteiger charge is -2.63. The number of ketones is 1. The van der Waals surface area contributed by atoms with Crippen LogP contribution in [0.5, 0.6) is 0 Å². The molecule has 3 fully saturated rings. The van der Waals surface area contributed by atoms with Crippen molar-refractivity contribution >= 4 is 12.1 Å². The first-order valence-electron chi connectivity index (χ1n) is 13.3. The first kappa shape index (κ1) is 24.0. The topological polar surface area (TPSA) is 34.1 Å². The van der Waals surface area contributed by atoms with Crippen LogP contribution in [0.4, 0.5) is 0 Å². The number of rotatable bonds is 5. The van der Waals surface area contributed by atoms with Crippen LogP contribution in [-0.2, 0) is 9.59 Å². The maximum absolute atomic E-state index is 12.8. The molecule has 178 valence electrons. The van der Waals surface area contributed by atoms with E-state index in [2.05, 4.69) is 53.7 Å². The number of allylic oxidation sites excluding steroid dienone is 4. The highest BCUT2D eigenvalue weighted by Crippen LogP contribution is 2.73. The van der Waals surface area contributed by atoms with Crippen molar-refractivity contribution < 1.29 is 9.59 Å². The second-order valence-electron chi connectivity index (χ2n) is 13.2. The summed E-state index contributed by atoms with van der Waals surface area (Å²) in [6.45, 7) is 16.5. The molecule has 0 aliphatic heterocycles. The highest BCUT2D eigenvalue weighted by atomic mass is 16.1. The average Bonchev–Trinajstić information content (AvgIpc) is 3.02. The summed E-state index contributed by atoms with van der Waals surface area (Å²) in [5.74, 6) is 3.07. The summed E-state index contributed by atoms with van der Waals surface area (Å²) in [7, 11) is 0. The van der Waals surface area contributed by atoms with Gasteiger partial charge < -0.3 is 0 Å². The lowest BCUT2D eigenvalue weighted by molar-refractivity contribution is -0.146. The third-order valence-electron chi connectivity index (χ3n) is 11.6. The molecule has 0 spiro atoms. The van der Waals surface area contributed by atoms with Crippen LogP contribution < -0.4 is 0 Å². The van der Waals surface area contributed by atoms with Crippen molar-refractivity contribution in [3.8, 4) is 0 Å². The van der Waals surface area contributed by atoms with E-state index in [1.807, 2.05) is 6.92 Å². The molecular weight excluding hydrogens is 392 g/mol. The minimum absolute atomic E-state index is 0.184. The van der Waals surface area contributed by atoms with Gasteiger partial charge in [-0.1, -0.05) is 59.3 Å². The second kappa shape index (κ2) is 7.95. The molecule has 2 heteroatoms. The second-order valence-corrected chi connectivity index (χ2v) is 13.2. The lowest BCUT2D eigenvalue weighted by Crippen LogP contribution is -2.57. The van der Waals surface area contributed by atoms with E-state index in [0.717, 1.165) is 43.5 Å². The molecule has 4 rings (SSSR count). The Bertz CT molecular complexity index is 847. The van der Waals surface area contributed by atoms with Gasteiger partial charge in [0, 0.05) is 11.8 Å². The van der Waals surface area contributed by atoms with E-state index >= 15 is 0 Å². The lowest BCUT2D eigenvalue weighted by atomic mass is 9.41. The van der Waals surface area contributed by atoms with Crippen molar-refractivity contribution in [1.29, 1.82) is 0 Å². The summed E-state index contributed by atoms with van der Waals surface area (Å²) in [6, 6.07) is 0. The molecule has 0 saturated heterocycles. The highest BCUT2D eigenvalue weighted by Gasteiger charge is 2.65. The molecule has 0 N–H and O–H groups in total. The Hall–Kier alpha value is -1.18. The molecule has 0 amide bonds. The van der Waals surface area contributed by atoms with E-state index in [1.54, 1.807) is 5.57 Å². The molecule has 4 aliphatic rings. The zero-order valence-corrected chi connectivity index (χ0v) is 21.7. The zero-order chi connectivity index (χ0) is 23.5. The third-order valence-corrected chi connectivity index (χ3v) is 11.6. The number of aldehydes is 1. The monoisotopic (exact) mass is 438 g/mol. The SMILES string of the molecule is CC(C=O)=CCCC(C)C1CCC2(C)C3=CCC4C(C)(C)C(=O)CCC4(C)C3CCC12C. The number of carbonyl (C=O) groups is 2. The summed E-state index contributed by atoms with van der Waals surface area (Å²) in [4.78, 5) is 23.7. The molecule has 7 unspecified atom stereocenters. The van der Waals surface area contributed by atoms with Gasteiger partial charge in [0.25, 0.3) is 0 Å². The Balaban J connectivity index is 1.61. The molecule has 2 nitrogen and oxygen atoms in total. The Kier molecular flexibility index (Phi) is 5.95. The predicted molar refractivity (Wildman–Crippen MR) is 132 cm³/mol. The van der Waals surface area contributed by atoms with Crippen LogP contribution in [0.15, 0.2) is 23.3 Å². The van der Waals surface area contributed by atoms with Gasteiger partial charge in [0.05, 0.1) is 0 Å². The fourth-order valence-corrected chi connectivity index (χ4v) is 9.29. The van der Waals surface area contributed by atoms with E-state index in [1.165, 1.54) is 32.1 Å². The highest BCUT2D eigenvalue weighted by molar-refractivity contribution is 5.85. The summed E-state index contributed by atoms with van der Waals surface area (Å²) in [6.07, 6.45) is 16.1. The van der Waals surface area contributed by atoms with Gasteiger partial charge in [0.1, 0.15) is 12.1 Å². The van der Waals surface area contributed by atoms with E-state index in [9.17, 15) is 9.59 Å². The molecular formula is C30H46O2. The largest absolute Gasteiger partial charge is 0.299 e. The first-order chi connectivity index (χ1) is 14.9. The zero-order valence-electron chi connectivity index (χ0n) is 21.7. The van der Waals surface area contributed by atoms with Crippen LogP contribution in [0.3, 0.4) is 0 Å². The Morgan fingerprint density at radius 2 is 1.84 bits per heavy atom. The summed E-state index contributed by atoms with van der Waals surface area (Å²) >= 11 is 0. The normalized spacial score (nSPS) is 44.2. The van der Waals surface area contributed by atoms with Crippen LogP contribution in [0.1, 0.15) is 106 Å². The number of fused-ring (bicyclic) bond motifs is 5. The predicted octanol–water partition coefficient (Wildman–Crippen LogP) is 7.72. The van der Waals surface area contributed by atoms with E-state index in [-0.39, 0.29) is 10.8 Å². The van der Waals surface area contributed by atoms with Crippen molar-refractivity contribution in [2.45, 2.75) is 106 Å². The van der Waals surface area contributed by atoms with Gasteiger partial charge in [-0.15, -0.1) is 0 Å². The molecule has 32 heavy (non-hydrogen) atoms. The molecule has 7 atom stereocenters. The Labute approximate surface area is 196 Å². The third kappa shape index (κ3) is 3.25. The van der Waals surface area contributed by atoms with Crippen LogP contribution in [-0.4, -0.2) is 12.1 Å². The van der Waals surface area contributed by atoms with Gasteiger partial charge in [-0.25, -0.2) is 0 Å². The van der Waals surface area contributed by atoms with Gasteiger partial charge in [-0.3, -0.25) is 9.59 Å². The molecule has 0 heterocycles. The van der Waals surface area contributed by atoms with E-state index < -0.39 is 0 Å². The van der Waals surface area contributed by atoms with Crippen LogP contribution in [0.25, 0.3) is 0 Å². The van der Waals surface area contributed by atoms with Crippen molar-refractivity contribution in [3.05, 3.63) is 23.3 Å². The van der Waals surface area contributed by atoms with Crippen LogP contribution in [0, 0.1) is 45.3 Å². The Morgan fingerprint density at radius 3 is 2.53 bits per heavy atom. The van der Waals surface area contributed by atoms with Crippen molar-refractivity contribution in [3.63, 3.8) is 0 Å². The molecule has 3 saturated carbocycles. The van der Waals surface area contributed by atoms with E-state index in [4.69, 9.17) is 0 Å². The minimum atomic E-state index is -0.184. The van der Waals surface area contributed by atoms with Crippen LogP contribution in [0.2, 0.25) is 0 Å². The molecule has 4 aliphatic carbocycles. The first-order valence-corrected chi connectivity index (χ1v) is 13.3. The van der Waals surface area contributed by atoms with Gasteiger partial charge in [0.15, 0.2) is 0 Å².